The molecule has 0 heterocycles. The highest BCUT2D eigenvalue weighted by atomic mass is 16.5. The maximum atomic E-state index is 10.8. The second kappa shape index (κ2) is 2.96. The molecule has 1 amide bonds. The number of hydrogen-bond donors (Lipinski definition) is 1. The average molecular weight is 171 g/mol. The molecule has 12 heavy (non-hydrogen) atoms. The zero-order valence-electron chi connectivity index (χ0n) is 8.18. The first-order valence-corrected chi connectivity index (χ1v) is 4.29. The fourth-order valence-electron chi connectivity index (χ4n) is 1.52. The summed E-state index contributed by atoms with van der Waals surface area (Å²) in [5.41, 5.74) is 0.297. The van der Waals surface area contributed by atoms with Gasteiger partial charge in [-0.3, -0.25) is 0 Å². The van der Waals surface area contributed by atoms with Crippen molar-refractivity contribution in [3.8, 4) is 0 Å². The predicted octanol–water partition coefficient (Wildman–Crippen LogP) is 1.78. The summed E-state index contributed by atoms with van der Waals surface area (Å²) in [7, 11) is 1.39. The Morgan fingerprint density at radius 2 is 2.08 bits per heavy atom. The van der Waals surface area contributed by atoms with Crippen molar-refractivity contribution in [3.05, 3.63) is 0 Å². The standard InChI is InChI=1S/C9H17NO2/c1-9(2,3)6-5-7(6)10-8(11)12-4/h6-7H,5H2,1-4H3,(H,10,11)/t6-,7-/m0/s1. The third kappa shape index (κ3) is 2.13. The summed E-state index contributed by atoms with van der Waals surface area (Å²) in [5.74, 6) is 0.608. The fourth-order valence-corrected chi connectivity index (χ4v) is 1.52. The van der Waals surface area contributed by atoms with Gasteiger partial charge in [-0.15, -0.1) is 0 Å². The minimum atomic E-state index is -0.313. The maximum absolute atomic E-state index is 10.8. The highest BCUT2D eigenvalue weighted by Gasteiger charge is 2.46. The Labute approximate surface area is 73.5 Å². The van der Waals surface area contributed by atoms with E-state index in [0.717, 1.165) is 6.42 Å². The van der Waals surface area contributed by atoms with E-state index < -0.39 is 0 Å². The zero-order chi connectivity index (χ0) is 9.35. The van der Waals surface area contributed by atoms with Crippen molar-refractivity contribution in [3.63, 3.8) is 0 Å². The van der Waals surface area contributed by atoms with Crippen LogP contribution in [0.3, 0.4) is 0 Å². The van der Waals surface area contributed by atoms with Crippen molar-refractivity contribution in [1.29, 1.82) is 0 Å². The number of amides is 1. The number of nitrogens with one attached hydrogen (secondary N) is 1. The number of carbonyl (C=O) groups excluding carboxylic acids is 1. The van der Waals surface area contributed by atoms with Crippen molar-refractivity contribution in [2.24, 2.45) is 11.3 Å². The molecule has 1 aliphatic rings. The minimum absolute atomic E-state index is 0.297. The summed E-state index contributed by atoms with van der Waals surface area (Å²) in [6.45, 7) is 6.57. The third-order valence-corrected chi connectivity index (χ3v) is 2.39. The van der Waals surface area contributed by atoms with Crippen LogP contribution in [-0.4, -0.2) is 19.2 Å². The molecular weight excluding hydrogens is 154 g/mol. The number of ether oxygens (including phenoxy) is 1. The Kier molecular flexibility index (Phi) is 2.31. The molecule has 0 aliphatic heterocycles. The highest BCUT2D eigenvalue weighted by molar-refractivity contribution is 5.67. The molecule has 70 valence electrons. The van der Waals surface area contributed by atoms with Gasteiger partial charge >= 0.3 is 6.09 Å². The van der Waals surface area contributed by atoms with Crippen molar-refractivity contribution in [2.45, 2.75) is 33.2 Å². The second-order valence-electron chi connectivity index (χ2n) is 4.45. The normalized spacial score (nSPS) is 28.0. The molecule has 0 spiro atoms. The van der Waals surface area contributed by atoms with Crippen molar-refractivity contribution in [1.82, 2.24) is 5.32 Å². The van der Waals surface area contributed by atoms with Crippen LogP contribution in [0, 0.1) is 11.3 Å². The van der Waals surface area contributed by atoms with Gasteiger partial charge in [-0.1, -0.05) is 20.8 Å². The van der Waals surface area contributed by atoms with Crippen LogP contribution in [-0.2, 0) is 4.74 Å². The third-order valence-electron chi connectivity index (χ3n) is 2.39. The molecule has 0 bridgehead atoms. The highest BCUT2D eigenvalue weighted by Crippen LogP contribution is 2.44. The van der Waals surface area contributed by atoms with Crippen LogP contribution in [0.2, 0.25) is 0 Å². The fraction of sp³-hybridized carbons (Fsp3) is 0.889. The first-order valence-electron chi connectivity index (χ1n) is 4.29. The van der Waals surface area contributed by atoms with Gasteiger partial charge in [0, 0.05) is 6.04 Å². The molecule has 1 N–H and O–H groups in total. The Morgan fingerprint density at radius 1 is 1.50 bits per heavy atom. The van der Waals surface area contributed by atoms with Crippen molar-refractivity contribution in [2.75, 3.05) is 7.11 Å². The smallest absolute Gasteiger partial charge is 0.407 e. The van der Waals surface area contributed by atoms with E-state index in [0.29, 0.717) is 17.4 Å². The molecule has 2 atom stereocenters. The van der Waals surface area contributed by atoms with Gasteiger partial charge in [0.05, 0.1) is 7.11 Å². The zero-order valence-corrected chi connectivity index (χ0v) is 8.18. The van der Waals surface area contributed by atoms with Gasteiger partial charge < -0.3 is 10.1 Å². The van der Waals surface area contributed by atoms with Crippen LogP contribution < -0.4 is 5.32 Å². The lowest BCUT2D eigenvalue weighted by Crippen LogP contribution is -2.28. The SMILES string of the molecule is COC(=O)N[C@H]1C[C@@H]1C(C)(C)C. The molecule has 1 saturated carbocycles. The van der Waals surface area contributed by atoms with Gasteiger partial charge in [0.2, 0.25) is 0 Å². The predicted molar refractivity (Wildman–Crippen MR) is 46.9 cm³/mol. The van der Waals surface area contributed by atoms with Crippen LogP contribution in [0.15, 0.2) is 0 Å². The van der Waals surface area contributed by atoms with Gasteiger partial charge in [-0.05, 0) is 17.8 Å². The molecule has 0 aromatic heterocycles. The average Bonchev–Trinajstić information content (AvgIpc) is 2.66. The molecular formula is C9H17NO2. The lowest BCUT2D eigenvalue weighted by molar-refractivity contribution is 0.168. The number of carbonyl (C=O) groups is 1. The Morgan fingerprint density at radius 3 is 2.42 bits per heavy atom. The van der Waals surface area contributed by atoms with E-state index in [-0.39, 0.29) is 6.09 Å². The molecule has 0 aromatic rings. The summed E-state index contributed by atoms with van der Waals surface area (Å²) < 4.78 is 4.51. The van der Waals surface area contributed by atoms with E-state index >= 15 is 0 Å². The molecule has 0 unspecified atom stereocenters. The van der Waals surface area contributed by atoms with Crippen LogP contribution >= 0.6 is 0 Å². The van der Waals surface area contributed by atoms with Gasteiger partial charge in [0.25, 0.3) is 0 Å². The van der Waals surface area contributed by atoms with E-state index in [4.69, 9.17) is 0 Å². The van der Waals surface area contributed by atoms with Crippen molar-refractivity contribution < 1.29 is 9.53 Å². The van der Waals surface area contributed by atoms with Gasteiger partial charge in [0.15, 0.2) is 0 Å². The second-order valence-corrected chi connectivity index (χ2v) is 4.45. The summed E-state index contributed by atoms with van der Waals surface area (Å²) in [5, 5.41) is 2.80. The molecule has 1 rings (SSSR count). The van der Waals surface area contributed by atoms with Crippen molar-refractivity contribution >= 4 is 6.09 Å². The summed E-state index contributed by atoms with van der Waals surface area (Å²) >= 11 is 0. The number of methoxy groups -OCH3 is 1. The first kappa shape index (κ1) is 9.36. The van der Waals surface area contributed by atoms with Crippen LogP contribution in [0.1, 0.15) is 27.2 Å². The van der Waals surface area contributed by atoms with Crippen LogP contribution in [0.5, 0.6) is 0 Å². The number of alkyl carbamates (subject to hydrolysis) is 1. The molecule has 1 fully saturated rings. The molecule has 0 saturated heterocycles. The summed E-state index contributed by atoms with van der Waals surface area (Å²) in [4.78, 5) is 10.8. The number of hydrogen-bond acceptors (Lipinski definition) is 2. The van der Waals surface area contributed by atoms with Gasteiger partial charge in [-0.2, -0.15) is 0 Å². The van der Waals surface area contributed by atoms with E-state index in [2.05, 4.69) is 30.8 Å². The van der Waals surface area contributed by atoms with Crippen LogP contribution in [0.4, 0.5) is 4.79 Å². The van der Waals surface area contributed by atoms with Gasteiger partial charge in [0.1, 0.15) is 0 Å². The first-order chi connectivity index (χ1) is 5.45. The molecule has 3 heteroatoms. The topological polar surface area (TPSA) is 38.3 Å². The van der Waals surface area contributed by atoms with E-state index in [1.165, 1.54) is 7.11 Å². The largest absolute Gasteiger partial charge is 0.453 e. The van der Waals surface area contributed by atoms with E-state index in [1.807, 2.05) is 0 Å². The Balaban J connectivity index is 2.29. The van der Waals surface area contributed by atoms with E-state index in [1.54, 1.807) is 0 Å². The quantitative estimate of drug-likeness (QED) is 0.653. The van der Waals surface area contributed by atoms with Gasteiger partial charge in [-0.25, -0.2) is 4.79 Å². The molecule has 0 radical (unpaired) electrons. The summed E-state index contributed by atoms with van der Waals surface area (Å²) in [6.07, 6.45) is 0.769. The number of rotatable bonds is 1. The summed E-state index contributed by atoms with van der Waals surface area (Å²) in [6, 6.07) is 0.331. The van der Waals surface area contributed by atoms with E-state index in [9.17, 15) is 4.79 Å². The molecule has 1 aliphatic carbocycles. The molecule has 0 aromatic carbocycles. The molecule has 3 nitrogen and oxygen atoms in total. The lowest BCUT2D eigenvalue weighted by atomic mass is 9.90. The minimum Gasteiger partial charge on any atom is -0.453 e. The monoisotopic (exact) mass is 171 g/mol. The Hall–Kier alpha value is -0.730. The lowest BCUT2D eigenvalue weighted by Gasteiger charge is -2.17. The maximum Gasteiger partial charge on any atom is 0.407 e. The Bertz CT molecular complexity index is 183. The van der Waals surface area contributed by atoms with Crippen LogP contribution in [0.25, 0.3) is 0 Å².